The first-order valence-electron chi connectivity index (χ1n) is 10.3. The SMILES string of the molecule is CN=C(NCc1c(C)nn(CCOC)c1C)N1CCC(Oc2ccccc2)CC1.I. The van der Waals surface area contributed by atoms with Gasteiger partial charge >= 0.3 is 0 Å². The second kappa shape index (κ2) is 12.1. The predicted octanol–water partition coefficient (Wildman–Crippen LogP) is 3.38. The van der Waals surface area contributed by atoms with Gasteiger partial charge in [0.2, 0.25) is 0 Å². The number of guanidine groups is 1. The molecule has 2 aromatic rings. The molecule has 0 spiro atoms. The van der Waals surface area contributed by atoms with Gasteiger partial charge in [-0.2, -0.15) is 5.10 Å². The minimum absolute atomic E-state index is 0. The Balaban J connectivity index is 0.00000320. The molecule has 1 N–H and O–H groups in total. The number of hydrogen-bond donors (Lipinski definition) is 1. The number of halogens is 1. The summed E-state index contributed by atoms with van der Waals surface area (Å²) in [6.07, 6.45) is 2.24. The van der Waals surface area contributed by atoms with Gasteiger partial charge in [0.15, 0.2) is 5.96 Å². The Morgan fingerprint density at radius 1 is 1.20 bits per heavy atom. The topological polar surface area (TPSA) is 63.9 Å². The summed E-state index contributed by atoms with van der Waals surface area (Å²) in [6.45, 7) is 8.19. The van der Waals surface area contributed by atoms with Crippen LogP contribution < -0.4 is 10.1 Å². The summed E-state index contributed by atoms with van der Waals surface area (Å²) in [7, 11) is 3.56. The smallest absolute Gasteiger partial charge is 0.193 e. The summed E-state index contributed by atoms with van der Waals surface area (Å²) < 4.78 is 13.3. The Bertz CT molecular complexity index is 801. The minimum Gasteiger partial charge on any atom is -0.490 e. The van der Waals surface area contributed by atoms with Gasteiger partial charge < -0.3 is 19.7 Å². The number of nitrogens with one attached hydrogen (secondary N) is 1. The van der Waals surface area contributed by atoms with E-state index in [1.807, 2.05) is 42.1 Å². The second-order valence-electron chi connectivity index (χ2n) is 7.38. The van der Waals surface area contributed by atoms with Crippen molar-refractivity contribution in [3.8, 4) is 5.75 Å². The molecule has 0 saturated carbocycles. The van der Waals surface area contributed by atoms with E-state index < -0.39 is 0 Å². The molecule has 1 aliphatic heterocycles. The van der Waals surface area contributed by atoms with E-state index in [1.54, 1.807) is 7.11 Å². The van der Waals surface area contributed by atoms with E-state index in [1.165, 1.54) is 11.3 Å². The molecule has 1 aliphatic rings. The van der Waals surface area contributed by atoms with Gasteiger partial charge in [0.05, 0.1) is 18.8 Å². The molecule has 2 heterocycles. The Morgan fingerprint density at radius 3 is 2.53 bits per heavy atom. The largest absolute Gasteiger partial charge is 0.490 e. The zero-order chi connectivity index (χ0) is 20.6. The van der Waals surface area contributed by atoms with Crippen LogP contribution in [-0.4, -0.2) is 60.6 Å². The first-order chi connectivity index (χ1) is 14.1. The van der Waals surface area contributed by atoms with Gasteiger partial charge in [-0.1, -0.05) is 18.2 Å². The number of hydrogen-bond acceptors (Lipinski definition) is 4. The molecular weight excluding hydrogens is 493 g/mol. The van der Waals surface area contributed by atoms with Crippen molar-refractivity contribution in [3.63, 3.8) is 0 Å². The molecule has 0 aliphatic carbocycles. The van der Waals surface area contributed by atoms with Crippen LogP contribution in [0.25, 0.3) is 0 Å². The van der Waals surface area contributed by atoms with Crippen molar-refractivity contribution < 1.29 is 9.47 Å². The normalized spacial score (nSPS) is 15.1. The number of rotatable bonds is 7. The number of ether oxygens (including phenoxy) is 2. The van der Waals surface area contributed by atoms with E-state index in [0.717, 1.165) is 56.4 Å². The van der Waals surface area contributed by atoms with Crippen LogP contribution in [0.5, 0.6) is 5.75 Å². The van der Waals surface area contributed by atoms with Gasteiger partial charge in [-0.15, -0.1) is 24.0 Å². The maximum absolute atomic E-state index is 6.10. The number of aryl methyl sites for hydroxylation is 1. The van der Waals surface area contributed by atoms with Crippen molar-refractivity contribution in [2.24, 2.45) is 4.99 Å². The van der Waals surface area contributed by atoms with E-state index in [2.05, 4.69) is 34.2 Å². The fraction of sp³-hybridized carbons (Fsp3) is 0.545. The highest BCUT2D eigenvalue weighted by Crippen LogP contribution is 2.19. The van der Waals surface area contributed by atoms with Crippen LogP contribution >= 0.6 is 24.0 Å². The predicted molar refractivity (Wildman–Crippen MR) is 131 cm³/mol. The lowest BCUT2D eigenvalue weighted by molar-refractivity contribution is 0.129. The molecule has 166 valence electrons. The number of aromatic nitrogens is 2. The molecule has 7 nitrogen and oxygen atoms in total. The maximum atomic E-state index is 6.10. The lowest BCUT2D eigenvalue weighted by Crippen LogP contribution is -2.47. The molecule has 1 saturated heterocycles. The fourth-order valence-corrected chi connectivity index (χ4v) is 3.76. The quantitative estimate of drug-likeness (QED) is 0.340. The molecule has 0 bridgehead atoms. The Hall–Kier alpha value is -1.81. The molecule has 1 aromatic carbocycles. The summed E-state index contributed by atoms with van der Waals surface area (Å²) in [5.41, 5.74) is 3.46. The first-order valence-corrected chi connectivity index (χ1v) is 10.3. The molecule has 1 fully saturated rings. The third kappa shape index (κ3) is 6.34. The highest BCUT2D eigenvalue weighted by Gasteiger charge is 2.23. The van der Waals surface area contributed by atoms with E-state index in [0.29, 0.717) is 6.61 Å². The van der Waals surface area contributed by atoms with E-state index >= 15 is 0 Å². The summed E-state index contributed by atoms with van der Waals surface area (Å²) in [4.78, 5) is 6.81. The van der Waals surface area contributed by atoms with Crippen LogP contribution in [0.3, 0.4) is 0 Å². The van der Waals surface area contributed by atoms with Crippen LogP contribution in [0.2, 0.25) is 0 Å². The van der Waals surface area contributed by atoms with Crippen molar-refractivity contribution in [2.75, 3.05) is 33.9 Å². The van der Waals surface area contributed by atoms with Crippen molar-refractivity contribution in [3.05, 3.63) is 47.3 Å². The Kier molecular flexibility index (Phi) is 9.90. The molecule has 3 rings (SSSR count). The first kappa shape index (κ1) is 24.5. The van der Waals surface area contributed by atoms with Crippen LogP contribution in [0.4, 0.5) is 0 Å². The number of piperidine rings is 1. The lowest BCUT2D eigenvalue weighted by atomic mass is 10.1. The molecule has 0 atom stereocenters. The average Bonchev–Trinajstić information content (AvgIpc) is 3.01. The molecule has 1 aromatic heterocycles. The fourth-order valence-electron chi connectivity index (χ4n) is 3.76. The van der Waals surface area contributed by atoms with E-state index in [9.17, 15) is 0 Å². The van der Waals surface area contributed by atoms with E-state index in [-0.39, 0.29) is 30.1 Å². The van der Waals surface area contributed by atoms with Crippen molar-refractivity contribution in [1.82, 2.24) is 20.0 Å². The van der Waals surface area contributed by atoms with Crippen molar-refractivity contribution in [2.45, 2.75) is 45.9 Å². The number of methoxy groups -OCH3 is 1. The lowest BCUT2D eigenvalue weighted by Gasteiger charge is -2.34. The van der Waals surface area contributed by atoms with Gasteiger partial charge in [-0.05, 0) is 26.0 Å². The standard InChI is InChI=1S/C22H33N5O2.HI/c1-17-21(18(2)27(25-17)14-15-28-4)16-24-22(23-3)26-12-10-20(11-13-26)29-19-8-6-5-7-9-19;/h5-9,20H,10-16H2,1-4H3,(H,23,24);1H. The summed E-state index contributed by atoms with van der Waals surface area (Å²) >= 11 is 0. The zero-order valence-electron chi connectivity index (χ0n) is 18.4. The van der Waals surface area contributed by atoms with Crippen LogP contribution in [-0.2, 0) is 17.8 Å². The number of aliphatic imine (C=N–C) groups is 1. The molecule has 0 unspecified atom stereocenters. The highest BCUT2D eigenvalue weighted by molar-refractivity contribution is 14.0. The number of para-hydroxylation sites is 1. The number of likely N-dealkylation sites (tertiary alicyclic amines) is 1. The van der Waals surface area contributed by atoms with Crippen LogP contribution in [0.1, 0.15) is 29.8 Å². The monoisotopic (exact) mass is 527 g/mol. The summed E-state index contributed by atoms with van der Waals surface area (Å²) in [5, 5.41) is 8.16. The third-order valence-electron chi connectivity index (χ3n) is 5.46. The molecule has 30 heavy (non-hydrogen) atoms. The van der Waals surface area contributed by atoms with Gasteiger partial charge in [0.25, 0.3) is 0 Å². The Morgan fingerprint density at radius 2 is 1.90 bits per heavy atom. The number of nitrogens with zero attached hydrogens (tertiary/aromatic N) is 4. The molecule has 8 heteroatoms. The molecular formula is C22H34IN5O2. The highest BCUT2D eigenvalue weighted by atomic mass is 127. The average molecular weight is 527 g/mol. The van der Waals surface area contributed by atoms with Gasteiger partial charge in [0, 0.05) is 57.9 Å². The minimum atomic E-state index is 0. The van der Waals surface area contributed by atoms with Gasteiger partial charge in [0.1, 0.15) is 11.9 Å². The van der Waals surface area contributed by atoms with Gasteiger partial charge in [-0.25, -0.2) is 0 Å². The zero-order valence-corrected chi connectivity index (χ0v) is 20.8. The van der Waals surface area contributed by atoms with Crippen LogP contribution in [0, 0.1) is 13.8 Å². The second-order valence-corrected chi connectivity index (χ2v) is 7.38. The summed E-state index contributed by atoms with van der Waals surface area (Å²) in [6, 6.07) is 10.1. The van der Waals surface area contributed by atoms with Gasteiger partial charge in [-0.3, -0.25) is 9.67 Å². The molecule has 0 radical (unpaired) electrons. The van der Waals surface area contributed by atoms with Crippen molar-refractivity contribution in [1.29, 1.82) is 0 Å². The van der Waals surface area contributed by atoms with Crippen molar-refractivity contribution >= 4 is 29.9 Å². The number of benzene rings is 1. The maximum Gasteiger partial charge on any atom is 0.193 e. The Labute approximate surface area is 196 Å². The molecule has 0 amide bonds. The van der Waals surface area contributed by atoms with Crippen LogP contribution in [0.15, 0.2) is 35.3 Å². The van der Waals surface area contributed by atoms with E-state index in [4.69, 9.17) is 9.47 Å². The third-order valence-corrected chi connectivity index (χ3v) is 5.46. The summed E-state index contributed by atoms with van der Waals surface area (Å²) in [5.74, 6) is 1.89.